The van der Waals surface area contributed by atoms with Crippen LogP contribution < -0.4 is 10.6 Å². The molecule has 0 aliphatic carbocycles. The molecule has 2 aliphatic rings. The molecule has 0 bridgehead atoms. The van der Waals surface area contributed by atoms with Crippen LogP contribution in [0.5, 0.6) is 0 Å². The lowest BCUT2D eigenvalue weighted by atomic mass is 9.77. The van der Waals surface area contributed by atoms with Crippen LogP contribution in [0.3, 0.4) is 0 Å². The van der Waals surface area contributed by atoms with Crippen molar-refractivity contribution in [2.45, 2.75) is 32.6 Å². The van der Waals surface area contributed by atoms with E-state index in [1.165, 1.54) is 0 Å². The number of ether oxygens (including phenoxy) is 1. The summed E-state index contributed by atoms with van der Waals surface area (Å²) in [7, 11) is 3.86. The van der Waals surface area contributed by atoms with Crippen LogP contribution in [0.2, 0.25) is 0 Å². The van der Waals surface area contributed by atoms with E-state index in [0.717, 1.165) is 58.4 Å². The second-order valence-electron chi connectivity index (χ2n) is 7.26. The molecule has 0 aromatic heterocycles. The highest BCUT2D eigenvalue weighted by Gasteiger charge is 2.40. The van der Waals surface area contributed by atoms with Gasteiger partial charge in [0.25, 0.3) is 0 Å². The van der Waals surface area contributed by atoms with E-state index in [2.05, 4.69) is 29.5 Å². The summed E-state index contributed by atoms with van der Waals surface area (Å²) in [5.74, 6) is 0.186. The molecule has 21 heavy (non-hydrogen) atoms. The van der Waals surface area contributed by atoms with Crippen molar-refractivity contribution in [2.24, 2.45) is 10.8 Å². The summed E-state index contributed by atoms with van der Waals surface area (Å²) in [5, 5.41) is 6.57. The molecule has 0 aromatic carbocycles. The third-order valence-corrected chi connectivity index (χ3v) is 5.33. The van der Waals surface area contributed by atoms with Crippen molar-refractivity contribution in [3.63, 3.8) is 0 Å². The van der Waals surface area contributed by atoms with Gasteiger partial charge in [0, 0.05) is 13.7 Å². The standard InChI is InChI=1S/C16H31N3O2/c1-15(6-10-19(2)11-7-15)12-18-14(20)16(13-21-3)4-8-17-9-5-16/h17H,4-13H2,1-3H3,(H,18,20). The number of rotatable bonds is 5. The van der Waals surface area contributed by atoms with Gasteiger partial charge < -0.3 is 20.3 Å². The molecule has 2 fully saturated rings. The summed E-state index contributed by atoms with van der Waals surface area (Å²) in [4.78, 5) is 15.1. The average Bonchev–Trinajstić information content (AvgIpc) is 2.49. The van der Waals surface area contributed by atoms with Crippen molar-refractivity contribution in [2.75, 3.05) is 53.5 Å². The number of hydrogen-bond donors (Lipinski definition) is 2. The van der Waals surface area contributed by atoms with Crippen molar-refractivity contribution in [3.05, 3.63) is 0 Å². The van der Waals surface area contributed by atoms with E-state index in [0.29, 0.717) is 6.61 Å². The second kappa shape index (κ2) is 7.07. The molecule has 2 N–H and O–H groups in total. The number of amides is 1. The Morgan fingerprint density at radius 2 is 1.86 bits per heavy atom. The lowest BCUT2D eigenvalue weighted by Crippen LogP contribution is -2.52. The number of nitrogens with zero attached hydrogens (tertiary/aromatic N) is 1. The van der Waals surface area contributed by atoms with Crippen LogP contribution >= 0.6 is 0 Å². The Bertz CT molecular complexity index is 340. The Labute approximate surface area is 128 Å². The highest BCUT2D eigenvalue weighted by molar-refractivity contribution is 5.83. The molecule has 0 unspecified atom stereocenters. The largest absolute Gasteiger partial charge is 0.384 e. The van der Waals surface area contributed by atoms with Gasteiger partial charge in [-0.3, -0.25) is 4.79 Å². The normalized spacial score (nSPS) is 25.5. The molecular weight excluding hydrogens is 266 g/mol. The first-order valence-electron chi connectivity index (χ1n) is 8.16. The highest BCUT2D eigenvalue weighted by atomic mass is 16.5. The zero-order valence-corrected chi connectivity index (χ0v) is 13.8. The maximum absolute atomic E-state index is 12.7. The van der Waals surface area contributed by atoms with E-state index in [9.17, 15) is 4.79 Å². The third kappa shape index (κ3) is 4.18. The molecule has 0 aromatic rings. The van der Waals surface area contributed by atoms with Crippen LogP contribution in [-0.2, 0) is 9.53 Å². The number of nitrogens with one attached hydrogen (secondary N) is 2. The van der Waals surface area contributed by atoms with Crippen LogP contribution in [0.4, 0.5) is 0 Å². The van der Waals surface area contributed by atoms with Crippen molar-refractivity contribution in [3.8, 4) is 0 Å². The predicted molar refractivity (Wildman–Crippen MR) is 84.3 cm³/mol. The maximum Gasteiger partial charge on any atom is 0.228 e. The number of piperidine rings is 2. The van der Waals surface area contributed by atoms with E-state index >= 15 is 0 Å². The first-order valence-corrected chi connectivity index (χ1v) is 8.16. The van der Waals surface area contributed by atoms with E-state index in [-0.39, 0.29) is 16.7 Å². The molecule has 2 saturated heterocycles. The Morgan fingerprint density at radius 1 is 1.24 bits per heavy atom. The minimum absolute atomic E-state index is 0.186. The summed E-state index contributed by atoms with van der Waals surface area (Å²) in [6.45, 7) is 7.67. The number of carbonyl (C=O) groups is 1. The summed E-state index contributed by atoms with van der Waals surface area (Å²) < 4.78 is 5.34. The molecule has 0 spiro atoms. The zero-order chi connectivity index (χ0) is 15.3. The van der Waals surface area contributed by atoms with Crippen molar-refractivity contribution in [1.29, 1.82) is 0 Å². The van der Waals surface area contributed by atoms with Crippen molar-refractivity contribution >= 4 is 5.91 Å². The predicted octanol–water partition coefficient (Wildman–Crippen LogP) is 0.851. The van der Waals surface area contributed by atoms with Gasteiger partial charge in [0.15, 0.2) is 0 Å². The lowest BCUT2D eigenvalue weighted by Gasteiger charge is -2.40. The Balaban J connectivity index is 1.90. The van der Waals surface area contributed by atoms with E-state index in [1.807, 2.05) is 0 Å². The monoisotopic (exact) mass is 297 g/mol. The molecule has 5 nitrogen and oxygen atoms in total. The molecule has 1 amide bonds. The third-order valence-electron chi connectivity index (χ3n) is 5.33. The van der Waals surface area contributed by atoms with Gasteiger partial charge >= 0.3 is 0 Å². The zero-order valence-electron chi connectivity index (χ0n) is 13.8. The minimum atomic E-state index is -0.332. The fourth-order valence-electron chi connectivity index (χ4n) is 3.43. The van der Waals surface area contributed by atoms with Crippen LogP contribution in [0.15, 0.2) is 0 Å². The fraction of sp³-hybridized carbons (Fsp3) is 0.938. The van der Waals surface area contributed by atoms with Crippen molar-refractivity contribution in [1.82, 2.24) is 15.5 Å². The van der Waals surface area contributed by atoms with Crippen LogP contribution in [-0.4, -0.2) is 64.3 Å². The molecule has 0 atom stereocenters. The Hall–Kier alpha value is -0.650. The summed E-state index contributed by atoms with van der Waals surface area (Å²) in [6, 6.07) is 0. The van der Waals surface area contributed by atoms with Crippen LogP contribution in [0.1, 0.15) is 32.6 Å². The summed E-state index contributed by atoms with van der Waals surface area (Å²) >= 11 is 0. The van der Waals surface area contributed by atoms with Gasteiger partial charge in [-0.05, 0) is 64.3 Å². The lowest BCUT2D eigenvalue weighted by molar-refractivity contribution is -0.136. The molecule has 2 heterocycles. The van der Waals surface area contributed by atoms with E-state index in [1.54, 1.807) is 7.11 Å². The summed E-state index contributed by atoms with van der Waals surface area (Å²) in [5.41, 5.74) is -0.0921. The summed E-state index contributed by atoms with van der Waals surface area (Å²) in [6.07, 6.45) is 4.05. The molecule has 2 rings (SSSR count). The van der Waals surface area contributed by atoms with Gasteiger partial charge in [0.1, 0.15) is 0 Å². The van der Waals surface area contributed by atoms with Gasteiger partial charge in [-0.25, -0.2) is 0 Å². The smallest absolute Gasteiger partial charge is 0.228 e. The molecule has 0 saturated carbocycles. The number of likely N-dealkylation sites (tertiary alicyclic amines) is 1. The van der Waals surface area contributed by atoms with Crippen molar-refractivity contribution < 1.29 is 9.53 Å². The van der Waals surface area contributed by atoms with Gasteiger partial charge in [-0.1, -0.05) is 6.92 Å². The Kier molecular flexibility index (Phi) is 5.63. The molecule has 5 heteroatoms. The minimum Gasteiger partial charge on any atom is -0.384 e. The second-order valence-corrected chi connectivity index (χ2v) is 7.26. The van der Waals surface area contributed by atoms with Gasteiger partial charge in [0.05, 0.1) is 12.0 Å². The molecule has 0 radical (unpaired) electrons. The molecular formula is C16H31N3O2. The van der Waals surface area contributed by atoms with Crippen LogP contribution in [0, 0.1) is 10.8 Å². The fourth-order valence-corrected chi connectivity index (χ4v) is 3.43. The number of hydrogen-bond acceptors (Lipinski definition) is 4. The first-order chi connectivity index (χ1) is 10.00. The average molecular weight is 297 g/mol. The number of carbonyl (C=O) groups excluding carboxylic acids is 1. The van der Waals surface area contributed by atoms with E-state index < -0.39 is 0 Å². The molecule has 122 valence electrons. The topological polar surface area (TPSA) is 53.6 Å². The van der Waals surface area contributed by atoms with Gasteiger partial charge in [-0.2, -0.15) is 0 Å². The number of methoxy groups -OCH3 is 1. The van der Waals surface area contributed by atoms with Gasteiger partial charge in [-0.15, -0.1) is 0 Å². The van der Waals surface area contributed by atoms with E-state index in [4.69, 9.17) is 4.74 Å². The maximum atomic E-state index is 12.7. The molecule has 2 aliphatic heterocycles. The Morgan fingerprint density at radius 3 is 2.43 bits per heavy atom. The van der Waals surface area contributed by atoms with Gasteiger partial charge in [0.2, 0.25) is 5.91 Å². The quantitative estimate of drug-likeness (QED) is 0.790. The SMILES string of the molecule is COCC1(C(=O)NCC2(C)CCN(C)CC2)CCNCC1. The van der Waals surface area contributed by atoms with Crippen LogP contribution in [0.25, 0.3) is 0 Å². The first kappa shape index (κ1) is 16.7. The highest BCUT2D eigenvalue weighted by Crippen LogP contribution is 2.32.